The number of aromatic nitrogens is 2. The van der Waals surface area contributed by atoms with Gasteiger partial charge in [0.15, 0.2) is 0 Å². The van der Waals surface area contributed by atoms with Crippen LogP contribution in [0.1, 0.15) is 35.2 Å². The third-order valence-electron chi connectivity index (χ3n) is 6.70. The van der Waals surface area contributed by atoms with E-state index in [1.54, 1.807) is 54.9 Å². The lowest BCUT2D eigenvalue weighted by atomic mass is 9.90. The predicted octanol–water partition coefficient (Wildman–Crippen LogP) is 5.93. The van der Waals surface area contributed by atoms with Crippen LogP contribution in [0, 0.1) is 5.82 Å². The summed E-state index contributed by atoms with van der Waals surface area (Å²) in [7, 11) is 1.37. The zero-order valence-corrected chi connectivity index (χ0v) is 23.3. The number of carbonyl (C=O) groups excluding carboxylic acids is 3. The number of likely N-dealkylation sites (tertiary alicyclic amines) is 1. The summed E-state index contributed by atoms with van der Waals surface area (Å²) in [6.07, 6.45) is 2.86. The van der Waals surface area contributed by atoms with Gasteiger partial charge in [0, 0.05) is 29.7 Å². The van der Waals surface area contributed by atoms with Gasteiger partial charge in [0.05, 0.1) is 35.1 Å². The van der Waals surface area contributed by atoms with E-state index >= 15 is 0 Å². The van der Waals surface area contributed by atoms with Gasteiger partial charge in [0.25, 0.3) is 0 Å². The Morgan fingerprint density at radius 1 is 1.15 bits per heavy atom. The van der Waals surface area contributed by atoms with Gasteiger partial charge in [-0.1, -0.05) is 41.4 Å². The molecule has 2 atom stereocenters. The quantitative estimate of drug-likeness (QED) is 0.224. The molecule has 208 valence electrons. The third kappa shape index (κ3) is 6.26. The number of aryl methyl sites for hydroxylation is 1. The molecule has 2 amide bonds. The smallest absolute Gasteiger partial charge is 0.337 e. The van der Waals surface area contributed by atoms with Gasteiger partial charge in [0.2, 0.25) is 12.3 Å². The lowest BCUT2D eigenvalue weighted by Gasteiger charge is -2.25. The van der Waals surface area contributed by atoms with Crippen LogP contribution in [0.3, 0.4) is 0 Å². The Balaban J connectivity index is 0.000000210. The Hall–Kier alpha value is -3.95. The van der Waals surface area contributed by atoms with E-state index in [1.165, 1.54) is 18.1 Å². The van der Waals surface area contributed by atoms with Crippen LogP contribution < -0.4 is 5.32 Å². The fraction of sp³-hybridized carbons (Fsp3) is 0.241. The number of fused-ring (bicyclic) bond motifs is 1. The molecule has 0 aliphatic carbocycles. The average Bonchev–Trinajstić information content (AvgIpc) is 3.58. The summed E-state index contributed by atoms with van der Waals surface area (Å²) in [5.74, 6) is -1.75. The Bertz CT molecular complexity index is 1540. The second-order valence-electron chi connectivity index (χ2n) is 9.05. The zero-order chi connectivity index (χ0) is 28.8. The number of esters is 1. The Morgan fingerprint density at radius 3 is 2.62 bits per heavy atom. The highest BCUT2D eigenvalue weighted by molar-refractivity contribution is 6.31. The molecule has 1 aromatic heterocycles. The molecule has 0 radical (unpaired) electrons. The molecule has 0 saturated carbocycles. The van der Waals surface area contributed by atoms with Gasteiger partial charge in [-0.25, -0.2) is 14.2 Å². The number of benzene rings is 3. The molecule has 8 nitrogen and oxygen atoms in total. The summed E-state index contributed by atoms with van der Waals surface area (Å²) in [4.78, 5) is 41.0. The second-order valence-corrected chi connectivity index (χ2v) is 9.90. The lowest BCUT2D eigenvalue weighted by Crippen LogP contribution is -2.41. The number of rotatable bonds is 6. The number of hydrogen-bond donors (Lipinski definition) is 1. The van der Waals surface area contributed by atoms with Gasteiger partial charge in [-0.15, -0.1) is 0 Å². The van der Waals surface area contributed by atoms with Crippen molar-refractivity contribution >= 4 is 58.2 Å². The minimum atomic E-state index is -0.815. The molecule has 4 aromatic rings. The van der Waals surface area contributed by atoms with E-state index in [2.05, 4.69) is 22.0 Å². The van der Waals surface area contributed by atoms with E-state index in [-0.39, 0.29) is 11.0 Å². The second kappa shape index (κ2) is 12.9. The summed E-state index contributed by atoms with van der Waals surface area (Å²) in [6.45, 7) is 3.29. The van der Waals surface area contributed by atoms with Crippen molar-refractivity contribution in [3.8, 4) is 0 Å². The van der Waals surface area contributed by atoms with Gasteiger partial charge in [-0.05, 0) is 61.4 Å². The monoisotopic (exact) mass is 584 g/mol. The number of nitrogens with zero attached hydrogens (tertiary/aromatic N) is 3. The van der Waals surface area contributed by atoms with Crippen molar-refractivity contribution in [2.45, 2.75) is 31.8 Å². The number of anilines is 1. The topological polar surface area (TPSA) is 93.5 Å². The first-order chi connectivity index (χ1) is 19.3. The fourth-order valence-electron chi connectivity index (χ4n) is 4.74. The molecule has 5 rings (SSSR count). The molecule has 2 heterocycles. The normalized spacial score (nSPS) is 16.3. The van der Waals surface area contributed by atoms with E-state index < -0.39 is 23.7 Å². The van der Waals surface area contributed by atoms with E-state index in [4.69, 9.17) is 23.2 Å². The van der Waals surface area contributed by atoms with Crippen LogP contribution in [0.25, 0.3) is 11.0 Å². The highest BCUT2D eigenvalue weighted by atomic mass is 35.5. The Kier molecular flexibility index (Phi) is 9.39. The zero-order valence-electron chi connectivity index (χ0n) is 21.8. The number of ether oxygens (including phenoxy) is 1. The maximum Gasteiger partial charge on any atom is 0.337 e. The van der Waals surface area contributed by atoms with E-state index in [0.29, 0.717) is 41.2 Å². The number of carbonyl (C=O) groups is 3. The van der Waals surface area contributed by atoms with Gasteiger partial charge in [0.1, 0.15) is 11.9 Å². The van der Waals surface area contributed by atoms with E-state index in [1.807, 2.05) is 10.6 Å². The number of imidazole rings is 1. The van der Waals surface area contributed by atoms with Crippen LogP contribution in [-0.4, -0.2) is 52.4 Å². The molecule has 2 unspecified atom stereocenters. The van der Waals surface area contributed by atoms with Crippen LogP contribution >= 0.6 is 23.2 Å². The largest absolute Gasteiger partial charge is 0.465 e. The Morgan fingerprint density at radius 2 is 1.93 bits per heavy atom. The fourth-order valence-corrected chi connectivity index (χ4v) is 5.12. The Labute approximate surface area is 240 Å². The van der Waals surface area contributed by atoms with Crippen molar-refractivity contribution in [2.75, 3.05) is 19.0 Å². The number of methoxy groups -OCH3 is 1. The summed E-state index contributed by atoms with van der Waals surface area (Å²) >= 11 is 11.8. The number of hydrogen-bond acceptors (Lipinski definition) is 5. The molecule has 0 spiro atoms. The molecule has 1 saturated heterocycles. The molecule has 1 aliphatic heterocycles. The highest BCUT2D eigenvalue weighted by Gasteiger charge is 2.41. The number of halogens is 3. The third-order valence-corrected chi connectivity index (χ3v) is 7.22. The van der Waals surface area contributed by atoms with Gasteiger partial charge in [-0.3, -0.25) is 9.59 Å². The summed E-state index contributed by atoms with van der Waals surface area (Å²) in [6, 6.07) is 15.9. The van der Waals surface area contributed by atoms with Crippen LogP contribution in [0.4, 0.5) is 10.1 Å². The van der Waals surface area contributed by atoms with Crippen molar-refractivity contribution in [1.29, 1.82) is 0 Å². The maximum atomic E-state index is 14.4. The van der Waals surface area contributed by atoms with Crippen molar-refractivity contribution < 1.29 is 23.5 Å². The number of amides is 2. The minimum absolute atomic E-state index is 0.00366. The van der Waals surface area contributed by atoms with Crippen molar-refractivity contribution in [1.82, 2.24) is 14.5 Å². The summed E-state index contributed by atoms with van der Waals surface area (Å²) in [5.41, 5.74) is 3.24. The maximum absolute atomic E-state index is 14.4. The van der Waals surface area contributed by atoms with E-state index in [9.17, 15) is 18.8 Å². The molecule has 11 heteroatoms. The SMILES string of the molecule is CCn1cnc2cc(C(=O)OC)ccc21.O=CN1CCC(c2cccc(Cl)c2F)C1C(=O)Nc1cccc(Cl)c1. The molecular formula is C29H27Cl2FN4O4. The van der Waals surface area contributed by atoms with Gasteiger partial charge < -0.3 is 19.5 Å². The van der Waals surface area contributed by atoms with Crippen LogP contribution in [-0.2, 0) is 20.9 Å². The molecule has 3 aromatic carbocycles. The van der Waals surface area contributed by atoms with Crippen molar-refractivity contribution in [2.24, 2.45) is 0 Å². The van der Waals surface area contributed by atoms with E-state index in [0.717, 1.165) is 17.6 Å². The molecule has 1 fully saturated rings. The summed E-state index contributed by atoms with van der Waals surface area (Å²) < 4.78 is 21.1. The molecule has 40 heavy (non-hydrogen) atoms. The minimum Gasteiger partial charge on any atom is -0.465 e. The van der Waals surface area contributed by atoms with Gasteiger partial charge in [-0.2, -0.15) is 0 Å². The lowest BCUT2D eigenvalue weighted by molar-refractivity contribution is -0.128. The molecular weight excluding hydrogens is 558 g/mol. The van der Waals surface area contributed by atoms with Crippen LogP contribution in [0.5, 0.6) is 0 Å². The van der Waals surface area contributed by atoms with Gasteiger partial charge >= 0.3 is 5.97 Å². The average molecular weight is 585 g/mol. The first-order valence-electron chi connectivity index (χ1n) is 12.5. The summed E-state index contributed by atoms with van der Waals surface area (Å²) in [5, 5.41) is 3.22. The first-order valence-corrected chi connectivity index (χ1v) is 13.3. The molecule has 1 N–H and O–H groups in total. The van der Waals surface area contributed by atoms with Crippen molar-refractivity contribution in [3.05, 3.63) is 94.0 Å². The molecule has 1 aliphatic rings. The molecule has 0 bridgehead atoms. The highest BCUT2D eigenvalue weighted by Crippen LogP contribution is 2.36. The predicted molar refractivity (Wildman–Crippen MR) is 152 cm³/mol. The van der Waals surface area contributed by atoms with Crippen molar-refractivity contribution in [3.63, 3.8) is 0 Å². The van der Waals surface area contributed by atoms with Crippen LogP contribution in [0.15, 0.2) is 67.0 Å². The van der Waals surface area contributed by atoms with Crippen LogP contribution in [0.2, 0.25) is 10.0 Å². The first kappa shape index (κ1) is 29.0. The number of nitrogens with one attached hydrogen (secondary N) is 1. The standard InChI is InChI=1S/C18H15Cl2FN2O2.C11H12N2O2/c19-11-3-1-4-12(9-11)22-18(25)17-14(7-8-23(17)10-24)13-5-2-6-15(20)16(13)21;1-3-13-7-12-9-6-8(11(14)15-2)4-5-10(9)13/h1-6,9-10,14,17H,7-8H2,(H,22,25);4-7H,3H2,1-2H3.